The summed E-state index contributed by atoms with van der Waals surface area (Å²) < 4.78 is 0. The molecule has 0 aliphatic carbocycles. The summed E-state index contributed by atoms with van der Waals surface area (Å²) in [7, 11) is 2.05. The normalized spacial score (nSPS) is 18.4. The van der Waals surface area contributed by atoms with E-state index in [9.17, 15) is 0 Å². The lowest BCUT2D eigenvalue weighted by molar-refractivity contribution is 0.212. The van der Waals surface area contributed by atoms with Crippen LogP contribution in [0.5, 0.6) is 0 Å². The molecule has 0 unspecified atom stereocenters. The highest BCUT2D eigenvalue weighted by atomic mass is 15.3. The molecule has 0 atom stereocenters. The third kappa shape index (κ3) is 2.90. The Kier molecular flexibility index (Phi) is 3.07. The molecule has 0 radical (unpaired) electrons. The van der Waals surface area contributed by atoms with Gasteiger partial charge in [-0.25, -0.2) is 0 Å². The van der Waals surface area contributed by atoms with Crippen molar-refractivity contribution in [2.24, 2.45) is 5.73 Å². The average molecular weight is 184 g/mol. The van der Waals surface area contributed by atoms with Crippen LogP contribution in [0.3, 0.4) is 0 Å². The van der Waals surface area contributed by atoms with Crippen molar-refractivity contribution in [1.29, 1.82) is 10.8 Å². The molecule has 0 aromatic rings. The molecule has 1 fully saturated rings. The fourth-order valence-corrected chi connectivity index (χ4v) is 1.24. The van der Waals surface area contributed by atoms with Gasteiger partial charge in [0.25, 0.3) is 0 Å². The molecular formula is C7H16N6. The van der Waals surface area contributed by atoms with Gasteiger partial charge in [0, 0.05) is 26.2 Å². The largest absolute Gasteiger partial charge is 0.370 e. The van der Waals surface area contributed by atoms with Gasteiger partial charge in [0.05, 0.1) is 0 Å². The molecule has 5 N–H and O–H groups in total. The lowest BCUT2D eigenvalue weighted by Gasteiger charge is -2.33. The summed E-state index contributed by atoms with van der Waals surface area (Å²) in [5.41, 5.74) is 5.12. The fourth-order valence-electron chi connectivity index (χ4n) is 1.24. The third-order valence-electron chi connectivity index (χ3n) is 2.07. The predicted octanol–water partition coefficient (Wildman–Crippen LogP) is -1.35. The Balaban J connectivity index is 2.36. The number of nitrogens with zero attached hydrogens (tertiary/aromatic N) is 2. The minimum absolute atomic E-state index is 0.177. The van der Waals surface area contributed by atoms with Crippen LogP contribution in [0.15, 0.2) is 0 Å². The molecule has 0 bridgehead atoms. The standard InChI is InChI=1S/C7H16N6/c1-12-2-4-13(5-3-12)7(10)11-6(8)9/h2-5H2,1H3,(H5,8,9,10,11). The summed E-state index contributed by atoms with van der Waals surface area (Å²) in [5.74, 6) is 0.0459. The number of piperazine rings is 1. The van der Waals surface area contributed by atoms with Gasteiger partial charge >= 0.3 is 0 Å². The molecule has 0 spiro atoms. The molecule has 1 heterocycles. The van der Waals surface area contributed by atoms with Gasteiger partial charge in [-0.15, -0.1) is 0 Å². The number of hydrogen-bond donors (Lipinski definition) is 4. The first kappa shape index (κ1) is 9.79. The molecular weight excluding hydrogens is 168 g/mol. The zero-order valence-corrected chi connectivity index (χ0v) is 7.80. The van der Waals surface area contributed by atoms with Crippen molar-refractivity contribution in [2.45, 2.75) is 0 Å². The summed E-state index contributed by atoms with van der Waals surface area (Å²) in [4.78, 5) is 4.08. The van der Waals surface area contributed by atoms with Crippen molar-refractivity contribution in [1.82, 2.24) is 15.1 Å². The maximum Gasteiger partial charge on any atom is 0.197 e. The Morgan fingerprint density at radius 1 is 1.23 bits per heavy atom. The second kappa shape index (κ2) is 4.08. The Morgan fingerprint density at radius 2 is 1.77 bits per heavy atom. The van der Waals surface area contributed by atoms with E-state index < -0.39 is 0 Å². The molecule has 0 aromatic heterocycles. The summed E-state index contributed by atoms with van der Waals surface area (Å²) in [5, 5.41) is 17.0. The maximum absolute atomic E-state index is 7.55. The smallest absolute Gasteiger partial charge is 0.197 e. The van der Waals surface area contributed by atoms with E-state index in [1.54, 1.807) is 0 Å². The van der Waals surface area contributed by atoms with Crippen LogP contribution >= 0.6 is 0 Å². The number of likely N-dealkylation sites (N-methyl/N-ethyl adjacent to an activating group) is 1. The second-order valence-electron chi connectivity index (χ2n) is 3.18. The summed E-state index contributed by atoms with van der Waals surface area (Å²) >= 11 is 0. The van der Waals surface area contributed by atoms with Crippen LogP contribution in [0.1, 0.15) is 0 Å². The molecule has 6 nitrogen and oxygen atoms in total. The Bertz CT molecular complexity index is 205. The van der Waals surface area contributed by atoms with E-state index in [-0.39, 0.29) is 11.9 Å². The predicted molar refractivity (Wildman–Crippen MR) is 51.8 cm³/mol. The third-order valence-corrected chi connectivity index (χ3v) is 2.07. The minimum Gasteiger partial charge on any atom is -0.370 e. The number of guanidine groups is 2. The Hall–Kier alpha value is -1.30. The van der Waals surface area contributed by atoms with Crippen molar-refractivity contribution < 1.29 is 0 Å². The van der Waals surface area contributed by atoms with Gasteiger partial charge in [-0.2, -0.15) is 0 Å². The quantitative estimate of drug-likeness (QED) is 0.277. The van der Waals surface area contributed by atoms with Gasteiger partial charge in [-0.1, -0.05) is 0 Å². The SMILES string of the molecule is CN1CCN(C(=N)NC(=N)N)CC1. The zero-order valence-electron chi connectivity index (χ0n) is 7.80. The van der Waals surface area contributed by atoms with Gasteiger partial charge < -0.3 is 15.5 Å². The van der Waals surface area contributed by atoms with Crippen LogP contribution in [-0.2, 0) is 0 Å². The minimum atomic E-state index is -0.177. The first-order chi connectivity index (χ1) is 6.09. The second-order valence-corrected chi connectivity index (χ2v) is 3.18. The van der Waals surface area contributed by atoms with E-state index in [0.29, 0.717) is 0 Å². The van der Waals surface area contributed by atoms with E-state index in [2.05, 4.69) is 17.3 Å². The van der Waals surface area contributed by atoms with Crippen LogP contribution in [0, 0.1) is 10.8 Å². The van der Waals surface area contributed by atoms with E-state index in [1.807, 2.05) is 4.90 Å². The van der Waals surface area contributed by atoms with E-state index in [0.717, 1.165) is 26.2 Å². The highest BCUT2D eigenvalue weighted by Crippen LogP contribution is 1.97. The van der Waals surface area contributed by atoms with Crippen LogP contribution in [0.25, 0.3) is 0 Å². The lowest BCUT2D eigenvalue weighted by atomic mass is 10.3. The van der Waals surface area contributed by atoms with Gasteiger partial charge in [-0.05, 0) is 7.05 Å². The van der Waals surface area contributed by atoms with Crippen LogP contribution < -0.4 is 11.1 Å². The molecule has 13 heavy (non-hydrogen) atoms. The number of rotatable bonds is 0. The molecule has 1 rings (SSSR count). The summed E-state index contributed by atoms with van der Waals surface area (Å²) in [6, 6.07) is 0. The van der Waals surface area contributed by atoms with E-state index in [4.69, 9.17) is 16.6 Å². The highest BCUT2D eigenvalue weighted by Gasteiger charge is 2.16. The lowest BCUT2D eigenvalue weighted by Crippen LogP contribution is -2.53. The molecule has 1 aliphatic heterocycles. The van der Waals surface area contributed by atoms with Crippen molar-refractivity contribution in [3.63, 3.8) is 0 Å². The van der Waals surface area contributed by atoms with Crippen molar-refractivity contribution >= 4 is 11.9 Å². The topological polar surface area (TPSA) is 92.2 Å². The van der Waals surface area contributed by atoms with Crippen molar-refractivity contribution in [3.05, 3.63) is 0 Å². The van der Waals surface area contributed by atoms with Gasteiger partial charge in [-0.3, -0.25) is 16.1 Å². The molecule has 6 heteroatoms. The Morgan fingerprint density at radius 3 is 2.23 bits per heavy atom. The zero-order chi connectivity index (χ0) is 9.84. The summed E-state index contributed by atoms with van der Waals surface area (Å²) in [6.45, 7) is 3.52. The molecule has 0 aromatic carbocycles. The molecule has 0 saturated carbocycles. The van der Waals surface area contributed by atoms with Crippen molar-refractivity contribution in [2.75, 3.05) is 33.2 Å². The number of hydrogen-bond acceptors (Lipinski definition) is 3. The summed E-state index contributed by atoms with van der Waals surface area (Å²) in [6.07, 6.45) is 0. The van der Waals surface area contributed by atoms with Gasteiger partial charge in [0.15, 0.2) is 11.9 Å². The molecule has 1 saturated heterocycles. The fraction of sp³-hybridized carbons (Fsp3) is 0.714. The van der Waals surface area contributed by atoms with Crippen molar-refractivity contribution in [3.8, 4) is 0 Å². The van der Waals surface area contributed by atoms with Gasteiger partial charge in [0.1, 0.15) is 0 Å². The molecule has 74 valence electrons. The van der Waals surface area contributed by atoms with Crippen LogP contribution in [0.4, 0.5) is 0 Å². The van der Waals surface area contributed by atoms with E-state index in [1.165, 1.54) is 0 Å². The van der Waals surface area contributed by atoms with Crippen LogP contribution in [0.2, 0.25) is 0 Å². The molecule has 0 amide bonds. The number of nitrogens with two attached hydrogens (primary N) is 1. The molecule has 1 aliphatic rings. The first-order valence-corrected chi connectivity index (χ1v) is 4.22. The van der Waals surface area contributed by atoms with Crippen LogP contribution in [-0.4, -0.2) is 54.9 Å². The first-order valence-electron chi connectivity index (χ1n) is 4.22. The Labute approximate surface area is 77.7 Å². The average Bonchev–Trinajstić information content (AvgIpc) is 2.04. The maximum atomic E-state index is 7.55. The highest BCUT2D eigenvalue weighted by molar-refractivity contribution is 5.94. The van der Waals surface area contributed by atoms with E-state index >= 15 is 0 Å². The number of nitrogens with one attached hydrogen (secondary N) is 3. The van der Waals surface area contributed by atoms with Gasteiger partial charge in [0.2, 0.25) is 0 Å². The monoisotopic (exact) mass is 184 g/mol.